The van der Waals surface area contributed by atoms with E-state index in [0.29, 0.717) is 11.1 Å². The third-order valence-corrected chi connectivity index (χ3v) is 3.62. The van der Waals surface area contributed by atoms with Crippen LogP contribution in [0.15, 0.2) is 59.6 Å². The lowest BCUT2D eigenvalue weighted by Gasteiger charge is -2.09. The fourth-order valence-corrected chi connectivity index (χ4v) is 2.51. The number of para-hydroxylation sites is 1. The fourth-order valence-electron chi connectivity index (χ4n) is 1.82. The van der Waals surface area contributed by atoms with E-state index >= 15 is 0 Å². The molecule has 5 heteroatoms. The van der Waals surface area contributed by atoms with Gasteiger partial charge in [-0.05, 0) is 30.0 Å². The van der Waals surface area contributed by atoms with Crippen LogP contribution in [-0.2, 0) is 0 Å². The SMILES string of the molecule is CCSC(=CC(=O)c1ccc(F)cc1F)Nc1ccccc1. The number of benzene rings is 2. The second-order valence-corrected chi connectivity index (χ2v) is 5.73. The molecule has 0 radical (unpaired) electrons. The van der Waals surface area contributed by atoms with Crippen LogP contribution in [0.25, 0.3) is 0 Å². The highest BCUT2D eigenvalue weighted by Crippen LogP contribution is 2.20. The summed E-state index contributed by atoms with van der Waals surface area (Å²) in [6.45, 7) is 1.95. The minimum Gasteiger partial charge on any atom is -0.350 e. The van der Waals surface area contributed by atoms with Crippen LogP contribution in [0.2, 0.25) is 0 Å². The summed E-state index contributed by atoms with van der Waals surface area (Å²) in [6.07, 6.45) is 1.33. The number of hydrogen-bond donors (Lipinski definition) is 1. The first-order valence-corrected chi connectivity index (χ1v) is 7.74. The van der Waals surface area contributed by atoms with E-state index in [1.165, 1.54) is 17.8 Å². The molecule has 2 aromatic rings. The average Bonchev–Trinajstić information content (AvgIpc) is 2.48. The molecule has 0 aliphatic carbocycles. The maximum absolute atomic E-state index is 13.6. The molecule has 2 aromatic carbocycles. The molecule has 0 aliphatic heterocycles. The predicted octanol–water partition coefficient (Wildman–Crippen LogP) is 4.85. The number of rotatable bonds is 6. The van der Waals surface area contributed by atoms with Crippen LogP contribution in [0.1, 0.15) is 17.3 Å². The molecule has 0 bridgehead atoms. The predicted molar refractivity (Wildman–Crippen MR) is 87.0 cm³/mol. The van der Waals surface area contributed by atoms with Gasteiger partial charge in [-0.25, -0.2) is 8.78 Å². The zero-order valence-electron chi connectivity index (χ0n) is 12.0. The maximum Gasteiger partial charge on any atom is 0.191 e. The summed E-state index contributed by atoms with van der Waals surface area (Å²) in [5.74, 6) is -1.31. The van der Waals surface area contributed by atoms with Gasteiger partial charge in [0, 0.05) is 17.8 Å². The van der Waals surface area contributed by atoms with Gasteiger partial charge in [-0.2, -0.15) is 0 Å². The molecule has 0 heterocycles. The molecule has 0 aromatic heterocycles. The third-order valence-electron chi connectivity index (χ3n) is 2.80. The first-order chi connectivity index (χ1) is 10.6. The Bertz CT molecular complexity index is 686. The third kappa shape index (κ3) is 4.43. The van der Waals surface area contributed by atoms with E-state index < -0.39 is 17.4 Å². The standard InChI is InChI=1S/C17H15F2NOS/c1-2-22-17(20-13-6-4-3-5-7-13)11-16(21)14-9-8-12(18)10-15(14)19/h3-11,20H,2H2,1H3. The summed E-state index contributed by atoms with van der Waals surface area (Å²) < 4.78 is 26.5. The van der Waals surface area contributed by atoms with E-state index in [1.807, 2.05) is 37.3 Å². The molecule has 2 nitrogen and oxygen atoms in total. The van der Waals surface area contributed by atoms with Crippen molar-refractivity contribution in [3.8, 4) is 0 Å². The molecule has 2 rings (SSSR count). The molecular weight excluding hydrogens is 304 g/mol. The molecular formula is C17H15F2NOS. The Morgan fingerprint density at radius 3 is 2.55 bits per heavy atom. The van der Waals surface area contributed by atoms with Crippen LogP contribution in [-0.4, -0.2) is 11.5 Å². The van der Waals surface area contributed by atoms with E-state index in [0.717, 1.165) is 23.6 Å². The average molecular weight is 319 g/mol. The topological polar surface area (TPSA) is 29.1 Å². The van der Waals surface area contributed by atoms with E-state index in [1.54, 1.807) is 0 Å². The molecule has 0 saturated carbocycles. The first-order valence-electron chi connectivity index (χ1n) is 6.76. The number of ketones is 1. The van der Waals surface area contributed by atoms with Crippen LogP contribution >= 0.6 is 11.8 Å². The summed E-state index contributed by atoms with van der Waals surface area (Å²) in [4.78, 5) is 12.2. The molecule has 0 saturated heterocycles. The van der Waals surface area contributed by atoms with E-state index in [9.17, 15) is 13.6 Å². The van der Waals surface area contributed by atoms with E-state index in [4.69, 9.17) is 0 Å². The van der Waals surface area contributed by atoms with Crippen molar-refractivity contribution in [3.63, 3.8) is 0 Å². The van der Waals surface area contributed by atoms with Crippen LogP contribution in [0, 0.1) is 11.6 Å². The van der Waals surface area contributed by atoms with Gasteiger partial charge in [-0.3, -0.25) is 4.79 Å². The Labute approximate surface area is 132 Å². The van der Waals surface area contributed by atoms with Gasteiger partial charge < -0.3 is 5.32 Å². The fraction of sp³-hybridized carbons (Fsp3) is 0.118. The van der Waals surface area contributed by atoms with Crippen molar-refractivity contribution in [2.45, 2.75) is 6.92 Å². The van der Waals surface area contributed by atoms with Gasteiger partial charge in [-0.1, -0.05) is 25.1 Å². The smallest absolute Gasteiger partial charge is 0.191 e. The van der Waals surface area contributed by atoms with Crippen LogP contribution in [0.3, 0.4) is 0 Å². The molecule has 114 valence electrons. The molecule has 0 fully saturated rings. The molecule has 0 atom stereocenters. The van der Waals surface area contributed by atoms with Crippen molar-refractivity contribution in [2.75, 3.05) is 11.1 Å². The van der Waals surface area contributed by atoms with Gasteiger partial charge in [0.2, 0.25) is 0 Å². The van der Waals surface area contributed by atoms with E-state index in [2.05, 4.69) is 5.32 Å². The Morgan fingerprint density at radius 2 is 1.91 bits per heavy atom. The van der Waals surface area contributed by atoms with Crippen LogP contribution in [0.4, 0.5) is 14.5 Å². The first kappa shape index (κ1) is 16.2. The Morgan fingerprint density at radius 1 is 1.18 bits per heavy atom. The number of carbonyl (C=O) groups is 1. The lowest BCUT2D eigenvalue weighted by Crippen LogP contribution is -2.04. The lowest BCUT2D eigenvalue weighted by molar-refractivity contribution is 0.104. The summed E-state index contributed by atoms with van der Waals surface area (Å²) in [5.41, 5.74) is 0.688. The van der Waals surface area contributed by atoms with Crippen molar-refractivity contribution in [1.29, 1.82) is 0 Å². The number of anilines is 1. The largest absolute Gasteiger partial charge is 0.350 e. The van der Waals surface area contributed by atoms with Crippen LogP contribution in [0.5, 0.6) is 0 Å². The summed E-state index contributed by atoms with van der Waals surface area (Å²) in [6, 6.07) is 12.3. The van der Waals surface area contributed by atoms with Gasteiger partial charge in [0.1, 0.15) is 11.6 Å². The quantitative estimate of drug-likeness (QED) is 0.609. The summed E-state index contributed by atoms with van der Waals surface area (Å²) >= 11 is 1.44. The number of nitrogens with one attached hydrogen (secondary N) is 1. The lowest BCUT2D eigenvalue weighted by atomic mass is 10.1. The summed E-state index contributed by atoms with van der Waals surface area (Å²) in [5, 5.41) is 3.73. The number of halogens is 2. The van der Waals surface area contributed by atoms with Crippen molar-refractivity contribution in [1.82, 2.24) is 0 Å². The number of allylic oxidation sites excluding steroid dienone is 1. The van der Waals surface area contributed by atoms with E-state index in [-0.39, 0.29) is 5.56 Å². The maximum atomic E-state index is 13.6. The summed E-state index contributed by atoms with van der Waals surface area (Å²) in [7, 11) is 0. The zero-order valence-corrected chi connectivity index (χ0v) is 12.8. The molecule has 1 N–H and O–H groups in total. The van der Waals surface area contributed by atoms with Gasteiger partial charge in [0.05, 0.1) is 10.6 Å². The zero-order chi connectivity index (χ0) is 15.9. The minimum absolute atomic E-state index is 0.148. The van der Waals surface area contributed by atoms with Crippen LogP contribution < -0.4 is 5.32 Å². The van der Waals surface area contributed by atoms with Crippen molar-refractivity contribution >= 4 is 23.2 Å². The molecule has 0 spiro atoms. The Hall–Kier alpha value is -2.14. The van der Waals surface area contributed by atoms with Crippen molar-refractivity contribution in [2.24, 2.45) is 0 Å². The highest BCUT2D eigenvalue weighted by Gasteiger charge is 2.12. The normalized spacial score (nSPS) is 11.3. The monoisotopic (exact) mass is 319 g/mol. The molecule has 0 aliphatic rings. The van der Waals surface area contributed by atoms with Gasteiger partial charge in [0.15, 0.2) is 5.78 Å². The Kier molecular flexibility index (Phi) is 5.72. The second kappa shape index (κ2) is 7.75. The molecule has 0 unspecified atom stereocenters. The van der Waals surface area contributed by atoms with Gasteiger partial charge >= 0.3 is 0 Å². The highest BCUT2D eigenvalue weighted by molar-refractivity contribution is 8.03. The highest BCUT2D eigenvalue weighted by atomic mass is 32.2. The number of carbonyl (C=O) groups excluding carboxylic acids is 1. The van der Waals surface area contributed by atoms with Gasteiger partial charge in [-0.15, -0.1) is 11.8 Å². The number of hydrogen-bond acceptors (Lipinski definition) is 3. The van der Waals surface area contributed by atoms with Crippen molar-refractivity contribution in [3.05, 3.63) is 76.8 Å². The molecule has 22 heavy (non-hydrogen) atoms. The van der Waals surface area contributed by atoms with Gasteiger partial charge in [0.25, 0.3) is 0 Å². The Balaban J connectivity index is 2.23. The molecule has 0 amide bonds. The van der Waals surface area contributed by atoms with Crippen molar-refractivity contribution < 1.29 is 13.6 Å². The second-order valence-electron chi connectivity index (χ2n) is 4.42. The number of thioether (sulfide) groups is 1. The minimum atomic E-state index is -0.859.